The predicted octanol–water partition coefficient (Wildman–Crippen LogP) is 4.90. The van der Waals surface area contributed by atoms with Crippen molar-refractivity contribution < 1.29 is 40.6 Å². The van der Waals surface area contributed by atoms with Crippen LogP contribution in [0.25, 0.3) is 0 Å². The Balaban J connectivity index is 3.14. The highest BCUT2D eigenvalue weighted by Crippen LogP contribution is 2.51. The molecule has 0 aliphatic rings. The van der Waals surface area contributed by atoms with Gasteiger partial charge in [-0.1, -0.05) is 12.1 Å². The lowest BCUT2D eigenvalue weighted by molar-refractivity contribution is -0.352. The Labute approximate surface area is 134 Å². The fourth-order valence-electron chi connectivity index (χ4n) is 2.10. The third-order valence-corrected chi connectivity index (χ3v) is 3.33. The Bertz CT molecular complexity index is 530. The van der Waals surface area contributed by atoms with Gasteiger partial charge in [-0.3, -0.25) is 0 Å². The van der Waals surface area contributed by atoms with E-state index in [0.717, 1.165) is 12.1 Å². The minimum atomic E-state index is -6.21. The van der Waals surface area contributed by atoms with E-state index >= 15 is 0 Å². The number of hydrogen-bond acceptors (Lipinski definition) is 2. The molecule has 0 aromatic heterocycles. The Kier molecular flexibility index (Phi) is 5.49. The van der Waals surface area contributed by atoms with Gasteiger partial charge in [0.2, 0.25) is 0 Å². The van der Waals surface area contributed by atoms with Gasteiger partial charge in [-0.2, -0.15) is 26.3 Å². The molecule has 0 fully saturated rings. The number of halogens is 7. The molecule has 0 heterocycles. The standard InChI is InChI=1S/C15H17F7O2/c1-9(2)24-11-6-4-10(5-7-11)12(3,23)8-13(16,14(17,18)19)15(20,21)22/h4-7,9,23H,8H2,1-3H3. The van der Waals surface area contributed by atoms with Crippen molar-refractivity contribution in [1.82, 2.24) is 0 Å². The molecule has 0 saturated carbocycles. The summed E-state index contributed by atoms with van der Waals surface area (Å²) < 4.78 is 94.8. The second kappa shape index (κ2) is 6.42. The first-order valence-corrected chi connectivity index (χ1v) is 6.92. The van der Waals surface area contributed by atoms with Gasteiger partial charge in [0.05, 0.1) is 11.7 Å². The van der Waals surface area contributed by atoms with Gasteiger partial charge in [-0.05, 0) is 38.5 Å². The number of aliphatic hydroxyl groups is 1. The van der Waals surface area contributed by atoms with E-state index < -0.39 is 30.0 Å². The molecule has 1 N–H and O–H groups in total. The van der Waals surface area contributed by atoms with Crippen molar-refractivity contribution in [2.45, 2.75) is 56.9 Å². The van der Waals surface area contributed by atoms with E-state index in [9.17, 15) is 35.8 Å². The molecule has 2 nitrogen and oxygen atoms in total. The highest BCUT2D eigenvalue weighted by Gasteiger charge is 2.73. The zero-order valence-electron chi connectivity index (χ0n) is 13.1. The molecule has 1 atom stereocenters. The van der Waals surface area contributed by atoms with Gasteiger partial charge >= 0.3 is 18.0 Å². The van der Waals surface area contributed by atoms with Gasteiger partial charge < -0.3 is 9.84 Å². The van der Waals surface area contributed by atoms with Crippen LogP contribution in [0, 0.1) is 0 Å². The fourth-order valence-corrected chi connectivity index (χ4v) is 2.10. The lowest BCUT2D eigenvalue weighted by Gasteiger charge is -2.36. The van der Waals surface area contributed by atoms with Crippen LogP contribution in [0.5, 0.6) is 5.75 Å². The Morgan fingerprint density at radius 3 is 1.67 bits per heavy atom. The van der Waals surface area contributed by atoms with Crippen molar-refractivity contribution in [3.05, 3.63) is 29.8 Å². The normalized spacial score (nSPS) is 16.2. The lowest BCUT2D eigenvalue weighted by Crippen LogP contribution is -2.56. The first-order chi connectivity index (χ1) is 10.6. The van der Waals surface area contributed by atoms with Gasteiger partial charge in [-0.15, -0.1) is 0 Å². The van der Waals surface area contributed by atoms with Crippen molar-refractivity contribution in [3.63, 3.8) is 0 Å². The Hall–Kier alpha value is -1.51. The van der Waals surface area contributed by atoms with Crippen molar-refractivity contribution in [3.8, 4) is 5.75 Å². The molecule has 0 bridgehead atoms. The van der Waals surface area contributed by atoms with Crippen LogP contribution in [-0.2, 0) is 5.60 Å². The summed E-state index contributed by atoms with van der Waals surface area (Å²) in [5.41, 5.74) is -8.53. The number of ether oxygens (including phenoxy) is 1. The molecule has 0 aliphatic carbocycles. The van der Waals surface area contributed by atoms with Crippen LogP contribution in [-0.4, -0.2) is 29.2 Å². The molecule has 0 aliphatic heterocycles. The lowest BCUT2D eigenvalue weighted by atomic mass is 9.83. The fraction of sp³-hybridized carbons (Fsp3) is 0.600. The average Bonchev–Trinajstić information content (AvgIpc) is 2.35. The summed E-state index contributed by atoms with van der Waals surface area (Å²) in [6.07, 6.45) is -14.8. The van der Waals surface area contributed by atoms with Crippen LogP contribution < -0.4 is 4.74 Å². The molecular formula is C15H17F7O2. The highest BCUT2D eigenvalue weighted by atomic mass is 19.4. The summed E-state index contributed by atoms with van der Waals surface area (Å²) in [6, 6.07) is 4.71. The number of alkyl halides is 7. The van der Waals surface area contributed by atoms with Crippen LogP contribution in [0.15, 0.2) is 24.3 Å². The summed E-state index contributed by atoms with van der Waals surface area (Å²) in [5.74, 6) is 0.308. The van der Waals surface area contributed by atoms with Crippen molar-refractivity contribution in [1.29, 1.82) is 0 Å². The maximum atomic E-state index is 13.8. The molecule has 1 rings (SSSR count). The van der Waals surface area contributed by atoms with Crippen LogP contribution in [0.3, 0.4) is 0 Å². The van der Waals surface area contributed by atoms with Crippen molar-refractivity contribution in [2.24, 2.45) is 0 Å². The van der Waals surface area contributed by atoms with E-state index in [1.54, 1.807) is 13.8 Å². The molecule has 0 spiro atoms. The molecule has 24 heavy (non-hydrogen) atoms. The van der Waals surface area contributed by atoms with E-state index in [1.165, 1.54) is 12.1 Å². The van der Waals surface area contributed by atoms with E-state index in [0.29, 0.717) is 12.7 Å². The molecule has 1 aromatic rings. The quantitative estimate of drug-likeness (QED) is 0.755. The topological polar surface area (TPSA) is 29.5 Å². The molecule has 1 aromatic carbocycles. The van der Waals surface area contributed by atoms with Gasteiger partial charge in [-0.25, -0.2) is 4.39 Å². The zero-order chi connectivity index (χ0) is 19.0. The van der Waals surface area contributed by atoms with Gasteiger partial charge in [0.25, 0.3) is 0 Å². The predicted molar refractivity (Wildman–Crippen MR) is 72.3 cm³/mol. The van der Waals surface area contributed by atoms with Crippen LogP contribution >= 0.6 is 0 Å². The number of benzene rings is 1. The molecule has 0 radical (unpaired) electrons. The smallest absolute Gasteiger partial charge is 0.431 e. The number of rotatable bonds is 5. The highest BCUT2D eigenvalue weighted by molar-refractivity contribution is 5.31. The van der Waals surface area contributed by atoms with Crippen LogP contribution in [0.1, 0.15) is 32.8 Å². The third-order valence-electron chi connectivity index (χ3n) is 3.33. The van der Waals surface area contributed by atoms with Crippen LogP contribution in [0.4, 0.5) is 30.7 Å². The Morgan fingerprint density at radius 2 is 1.33 bits per heavy atom. The third kappa shape index (κ3) is 4.31. The van der Waals surface area contributed by atoms with E-state index in [2.05, 4.69) is 0 Å². The SMILES string of the molecule is CC(C)Oc1ccc(C(C)(O)CC(F)(C(F)(F)F)C(F)(F)F)cc1. The van der Waals surface area contributed by atoms with Crippen molar-refractivity contribution in [2.75, 3.05) is 0 Å². The average molecular weight is 362 g/mol. The van der Waals surface area contributed by atoms with Gasteiger partial charge in [0, 0.05) is 6.42 Å². The second-order valence-corrected chi connectivity index (χ2v) is 5.94. The molecule has 9 heteroatoms. The zero-order valence-corrected chi connectivity index (χ0v) is 13.1. The molecule has 0 saturated heterocycles. The molecular weight excluding hydrogens is 345 g/mol. The molecule has 138 valence electrons. The minimum Gasteiger partial charge on any atom is -0.491 e. The molecule has 1 unspecified atom stereocenters. The minimum absolute atomic E-state index is 0.203. The van der Waals surface area contributed by atoms with Gasteiger partial charge in [0.15, 0.2) is 0 Å². The van der Waals surface area contributed by atoms with Crippen LogP contribution in [0.2, 0.25) is 0 Å². The maximum Gasteiger partial charge on any atom is 0.431 e. The summed E-state index contributed by atoms with van der Waals surface area (Å²) in [6.45, 7) is 4.12. The monoisotopic (exact) mass is 362 g/mol. The summed E-state index contributed by atoms with van der Waals surface area (Å²) >= 11 is 0. The van der Waals surface area contributed by atoms with Crippen molar-refractivity contribution >= 4 is 0 Å². The summed E-state index contributed by atoms with van der Waals surface area (Å²) in [5, 5.41) is 10.0. The summed E-state index contributed by atoms with van der Waals surface area (Å²) in [4.78, 5) is 0. The first-order valence-electron chi connectivity index (χ1n) is 6.92. The van der Waals surface area contributed by atoms with Gasteiger partial charge in [0.1, 0.15) is 5.75 Å². The maximum absolute atomic E-state index is 13.8. The Morgan fingerprint density at radius 1 is 0.917 bits per heavy atom. The second-order valence-electron chi connectivity index (χ2n) is 5.94. The number of hydrogen-bond donors (Lipinski definition) is 1. The van der Waals surface area contributed by atoms with E-state index in [4.69, 9.17) is 4.74 Å². The first kappa shape index (κ1) is 20.5. The largest absolute Gasteiger partial charge is 0.491 e. The summed E-state index contributed by atoms with van der Waals surface area (Å²) in [7, 11) is 0. The molecule has 0 amide bonds. The van der Waals surface area contributed by atoms with E-state index in [1.807, 2.05) is 0 Å². The van der Waals surface area contributed by atoms with E-state index in [-0.39, 0.29) is 11.7 Å².